The molecule has 1 aliphatic carbocycles. The quantitative estimate of drug-likeness (QED) is 0.188. The van der Waals surface area contributed by atoms with Gasteiger partial charge in [0.15, 0.2) is 0 Å². The molecule has 11 rings (SSSR count). The second-order valence-electron chi connectivity index (χ2n) is 12.8. The molecule has 0 N–H and O–H groups in total. The van der Waals surface area contributed by atoms with E-state index in [1.807, 2.05) is 12.1 Å². The summed E-state index contributed by atoms with van der Waals surface area (Å²) < 4.78 is 12.9. The summed E-state index contributed by atoms with van der Waals surface area (Å²) in [7, 11) is 0. The van der Waals surface area contributed by atoms with Gasteiger partial charge in [0, 0.05) is 21.9 Å². The van der Waals surface area contributed by atoms with Crippen LogP contribution < -0.4 is 4.74 Å². The molecule has 0 atom stereocenters. The lowest BCUT2D eigenvalue weighted by molar-refractivity contribution is 0.436. The van der Waals surface area contributed by atoms with Crippen molar-refractivity contribution in [1.82, 2.24) is 0 Å². The minimum Gasteiger partial charge on any atom is -0.457 e. The van der Waals surface area contributed by atoms with Crippen molar-refractivity contribution < 1.29 is 9.15 Å². The Balaban J connectivity index is 1.27. The van der Waals surface area contributed by atoms with E-state index < -0.39 is 5.41 Å². The molecule has 0 saturated carbocycles. The molecule has 8 aromatic carbocycles. The fraction of sp³-hybridized carbons (Fsp3) is 0.0222. The highest BCUT2D eigenvalue weighted by Crippen LogP contribution is 2.64. The maximum atomic E-state index is 6.76. The van der Waals surface area contributed by atoms with Crippen LogP contribution in [0.25, 0.3) is 65.7 Å². The summed E-state index contributed by atoms with van der Waals surface area (Å²) in [5.74, 6) is 1.79. The third-order valence-electron chi connectivity index (χ3n) is 10.5. The van der Waals surface area contributed by atoms with E-state index in [0.717, 1.165) is 50.1 Å². The van der Waals surface area contributed by atoms with E-state index in [4.69, 9.17) is 9.15 Å². The van der Waals surface area contributed by atoms with E-state index >= 15 is 0 Å². The van der Waals surface area contributed by atoms with Crippen LogP contribution in [0.4, 0.5) is 0 Å². The number of ether oxygens (including phenoxy) is 1. The molecule has 0 amide bonds. The van der Waals surface area contributed by atoms with E-state index in [9.17, 15) is 0 Å². The van der Waals surface area contributed by atoms with Gasteiger partial charge in [0.2, 0.25) is 0 Å². The molecular formula is C45H26O2. The first-order valence-corrected chi connectivity index (χ1v) is 16.2. The number of para-hydroxylation sites is 2. The van der Waals surface area contributed by atoms with E-state index in [1.165, 1.54) is 49.4 Å². The van der Waals surface area contributed by atoms with Crippen molar-refractivity contribution in [3.05, 3.63) is 180 Å². The molecule has 47 heavy (non-hydrogen) atoms. The fourth-order valence-electron chi connectivity index (χ4n) is 8.56. The topological polar surface area (TPSA) is 22.4 Å². The van der Waals surface area contributed by atoms with Gasteiger partial charge in [-0.2, -0.15) is 0 Å². The number of hydrogen-bond acceptors (Lipinski definition) is 2. The highest BCUT2D eigenvalue weighted by Gasteiger charge is 2.52. The molecule has 9 aromatic rings. The second kappa shape index (κ2) is 8.99. The third kappa shape index (κ3) is 3.19. The maximum absolute atomic E-state index is 6.76. The molecule has 0 saturated heterocycles. The summed E-state index contributed by atoms with van der Waals surface area (Å²) in [4.78, 5) is 0. The van der Waals surface area contributed by atoms with E-state index in [-0.39, 0.29) is 0 Å². The first-order valence-electron chi connectivity index (χ1n) is 16.2. The molecule has 0 fully saturated rings. The van der Waals surface area contributed by atoms with Crippen molar-refractivity contribution in [3.63, 3.8) is 0 Å². The molecule has 1 aromatic heterocycles. The van der Waals surface area contributed by atoms with Crippen molar-refractivity contribution in [1.29, 1.82) is 0 Å². The minimum atomic E-state index is -0.564. The molecule has 2 heterocycles. The Morgan fingerprint density at radius 3 is 1.70 bits per heavy atom. The maximum Gasteiger partial charge on any atom is 0.135 e. The van der Waals surface area contributed by atoms with Crippen LogP contribution in [0.3, 0.4) is 0 Å². The molecule has 1 aliphatic heterocycles. The first kappa shape index (κ1) is 25.1. The lowest BCUT2D eigenvalue weighted by Crippen LogP contribution is -2.32. The van der Waals surface area contributed by atoms with Gasteiger partial charge in [0.05, 0.1) is 5.41 Å². The van der Waals surface area contributed by atoms with Crippen molar-refractivity contribution in [2.24, 2.45) is 0 Å². The summed E-state index contributed by atoms with van der Waals surface area (Å²) >= 11 is 0. The molecule has 218 valence electrons. The number of rotatable bonds is 1. The summed E-state index contributed by atoms with van der Waals surface area (Å²) in [5.41, 5.74) is 11.1. The Kier molecular flexibility index (Phi) is 4.80. The third-order valence-corrected chi connectivity index (χ3v) is 10.5. The first-order chi connectivity index (χ1) is 23.3. The average molecular weight is 599 g/mol. The van der Waals surface area contributed by atoms with Gasteiger partial charge >= 0.3 is 0 Å². The Morgan fingerprint density at radius 2 is 0.936 bits per heavy atom. The van der Waals surface area contributed by atoms with Gasteiger partial charge in [-0.1, -0.05) is 121 Å². The highest BCUT2D eigenvalue weighted by atomic mass is 16.5. The monoisotopic (exact) mass is 598 g/mol. The Labute approximate surface area is 271 Å². The van der Waals surface area contributed by atoms with E-state index in [0.29, 0.717) is 0 Å². The number of furan rings is 1. The summed E-state index contributed by atoms with van der Waals surface area (Å²) in [6.07, 6.45) is 0. The van der Waals surface area contributed by atoms with Crippen LogP contribution in [0.15, 0.2) is 162 Å². The van der Waals surface area contributed by atoms with E-state index in [2.05, 4.69) is 146 Å². The standard InChI is InChI=1S/C45H26O2/c1-3-11-31-27(9-1)17-21-36-43(31)44-32-12-4-2-10-28(32)18-22-37(44)45(36)35-14-6-8-16-41(35)47-42-24-20-30(26-38(42)45)29-19-23-40-34(25-29)33-13-5-7-15-39(33)46-40/h1-26H. The van der Waals surface area contributed by atoms with Crippen LogP contribution in [0.2, 0.25) is 0 Å². The number of fused-ring (bicyclic) bond motifs is 16. The Hall–Kier alpha value is -6.12. The zero-order valence-corrected chi connectivity index (χ0v) is 25.3. The van der Waals surface area contributed by atoms with Crippen molar-refractivity contribution in [2.45, 2.75) is 5.41 Å². The summed E-state index contributed by atoms with van der Waals surface area (Å²) in [5, 5.41) is 7.31. The molecule has 1 spiro atoms. The zero-order valence-electron chi connectivity index (χ0n) is 25.3. The van der Waals surface area contributed by atoms with Gasteiger partial charge in [-0.3, -0.25) is 0 Å². The van der Waals surface area contributed by atoms with Crippen LogP contribution in [0.1, 0.15) is 22.3 Å². The number of benzene rings is 8. The van der Waals surface area contributed by atoms with Gasteiger partial charge in [-0.05, 0) is 91.3 Å². The Morgan fingerprint density at radius 1 is 0.362 bits per heavy atom. The van der Waals surface area contributed by atoms with Gasteiger partial charge in [-0.15, -0.1) is 0 Å². The van der Waals surface area contributed by atoms with Crippen molar-refractivity contribution >= 4 is 43.5 Å². The highest BCUT2D eigenvalue weighted by molar-refractivity contribution is 6.12. The van der Waals surface area contributed by atoms with E-state index in [1.54, 1.807) is 0 Å². The van der Waals surface area contributed by atoms with Gasteiger partial charge < -0.3 is 9.15 Å². The van der Waals surface area contributed by atoms with Crippen LogP contribution in [-0.2, 0) is 5.41 Å². The fourth-order valence-corrected chi connectivity index (χ4v) is 8.56. The molecule has 2 aliphatic rings. The second-order valence-corrected chi connectivity index (χ2v) is 12.8. The summed E-state index contributed by atoms with van der Waals surface area (Å²) in [6.45, 7) is 0. The van der Waals surface area contributed by atoms with Crippen LogP contribution in [0.5, 0.6) is 11.5 Å². The predicted molar refractivity (Wildman–Crippen MR) is 192 cm³/mol. The predicted octanol–water partition coefficient (Wildman–Crippen LogP) is 12.0. The van der Waals surface area contributed by atoms with Gasteiger partial charge in [0.25, 0.3) is 0 Å². The largest absolute Gasteiger partial charge is 0.457 e. The molecule has 0 bridgehead atoms. The molecule has 0 radical (unpaired) electrons. The lowest BCUT2D eigenvalue weighted by atomic mass is 9.65. The van der Waals surface area contributed by atoms with Crippen LogP contribution >= 0.6 is 0 Å². The lowest BCUT2D eigenvalue weighted by Gasteiger charge is -2.39. The van der Waals surface area contributed by atoms with Crippen LogP contribution in [0, 0.1) is 0 Å². The molecule has 2 nitrogen and oxygen atoms in total. The SMILES string of the molecule is c1ccc2c(c1)Oc1ccc(-c3ccc4oc5ccccc5c4c3)cc1C21c2ccc3ccccc3c2-c2c1ccc1ccccc21. The van der Waals surface area contributed by atoms with Crippen molar-refractivity contribution in [3.8, 4) is 33.8 Å². The molecule has 2 heteroatoms. The number of hydrogen-bond donors (Lipinski definition) is 0. The average Bonchev–Trinajstić information content (AvgIpc) is 3.66. The molecule has 0 unspecified atom stereocenters. The summed E-state index contributed by atoms with van der Waals surface area (Å²) in [6, 6.07) is 57.1. The van der Waals surface area contributed by atoms with Gasteiger partial charge in [0.1, 0.15) is 22.7 Å². The normalized spacial score (nSPS) is 13.9. The van der Waals surface area contributed by atoms with Crippen LogP contribution in [-0.4, -0.2) is 0 Å². The minimum absolute atomic E-state index is 0.564. The smallest absolute Gasteiger partial charge is 0.135 e. The zero-order chi connectivity index (χ0) is 30.7. The Bertz CT molecular complexity index is 2700. The van der Waals surface area contributed by atoms with Gasteiger partial charge in [-0.25, -0.2) is 0 Å². The molecular weight excluding hydrogens is 572 g/mol. The van der Waals surface area contributed by atoms with Crippen molar-refractivity contribution in [2.75, 3.05) is 0 Å².